The van der Waals surface area contributed by atoms with E-state index in [9.17, 15) is 0 Å². The lowest BCUT2D eigenvalue weighted by Gasteiger charge is -2.59. The zero-order valence-electron chi connectivity index (χ0n) is 17.2. The lowest BCUT2D eigenvalue weighted by atomic mass is 9.49. The second-order valence-corrected chi connectivity index (χ2v) is 8.57. The fourth-order valence-corrected chi connectivity index (χ4v) is 5.41. The Morgan fingerprint density at radius 3 is 1.79 bits per heavy atom. The summed E-state index contributed by atoms with van der Waals surface area (Å²) in [6.45, 7) is 9.25. The summed E-state index contributed by atoms with van der Waals surface area (Å²) in [6, 6.07) is 0.364. The van der Waals surface area contributed by atoms with Crippen LogP contribution >= 0.6 is 0 Å². The van der Waals surface area contributed by atoms with Crippen LogP contribution in [0.3, 0.4) is 0 Å². The van der Waals surface area contributed by atoms with Gasteiger partial charge in [0, 0.05) is 11.6 Å². The summed E-state index contributed by atoms with van der Waals surface area (Å²) >= 11 is 0. The maximum absolute atomic E-state index is 7.27. The molecule has 1 saturated carbocycles. The normalized spacial score (nSPS) is 29.8. The van der Waals surface area contributed by atoms with Crippen LogP contribution in [-0.2, 0) is 0 Å². The molecule has 0 aromatic carbocycles. The van der Waals surface area contributed by atoms with Crippen molar-refractivity contribution in [1.82, 2.24) is 0 Å². The third kappa shape index (κ3) is 4.97. The van der Waals surface area contributed by atoms with E-state index in [-0.39, 0.29) is 11.0 Å². The van der Waals surface area contributed by atoms with Crippen LogP contribution in [0, 0.1) is 11.3 Å². The van der Waals surface area contributed by atoms with Crippen molar-refractivity contribution in [2.75, 3.05) is 0 Å². The van der Waals surface area contributed by atoms with Crippen LogP contribution in [0.4, 0.5) is 0 Å². The van der Waals surface area contributed by atoms with E-state index in [1.54, 1.807) is 0 Å². The summed E-state index contributed by atoms with van der Waals surface area (Å²) in [6.07, 6.45) is 17.6. The first-order valence-corrected chi connectivity index (χ1v) is 11.1. The van der Waals surface area contributed by atoms with Gasteiger partial charge in [0.15, 0.2) is 0 Å². The van der Waals surface area contributed by atoms with Gasteiger partial charge in [-0.25, -0.2) is 0 Å². The Labute approximate surface area is 152 Å². The monoisotopic (exact) mass is 338 g/mol. The van der Waals surface area contributed by atoms with Gasteiger partial charge in [-0.3, -0.25) is 0 Å². The highest BCUT2D eigenvalue weighted by Gasteiger charge is 2.55. The SMILES string of the molecule is CCCCC1C(N)CCC(N)(CCCC)C1(CCCC)CCCC. The van der Waals surface area contributed by atoms with Crippen molar-refractivity contribution in [1.29, 1.82) is 0 Å². The van der Waals surface area contributed by atoms with Gasteiger partial charge in [0.05, 0.1) is 0 Å². The maximum atomic E-state index is 7.27. The van der Waals surface area contributed by atoms with E-state index in [1.807, 2.05) is 0 Å². The standard InChI is InChI=1S/C22H46N2/c1-5-9-13-19-20(23)14-18-22(24,17-12-8-4)21(19,15-10-6-2)16-11-7-3/h19-20H,5-18,23-24H2,1-4H3. The van der Waals surface area contributed by atoms with Gasteiger partial charge in [0.1, 0.15) is 0 Å². The summed E-state index contributed by atoms with van der Waals surface area (Å²) in [5.74, 6) is 0.631. The highest BCUT2D eigenvalue weighted by molar-refractivity contribution is 5.11. The Hall–Kier alpha value is -0.0800. The lowest BCUT2D eigenvalue weighted by molar-refractivity contribution is -0.0440. The van der Waals surface area contributed by atoms with Crippen molar-refractivity contribution < 1.29 is 0 Å². The van der Waals surface area contributed by atoms with Gasteiger partial charge in [-0.2, -0.15) is 0 Å². The van der Waals surface area contributed by atoms with Crippen LogP contribution in [0.25, 0.3) is 0 Å². The van der Waals surface area contributed by atoms with Gasteiger partial charge >= 0.3 is 0 Å². The molecule has 2 heteroatoms. The van der Waals surface area contributed by atoms with E-state index in [0.717, 1.165) is 12.8 Å². The average molecular weight is 339 g/mol. The van der Waals surface area contributed by atoms with E-state index in [1.165, 1.54) is 77.0 Å². The van der Waals surface area contributed by atoms with Crippen LogP contribution < -0.4 is 11.5 Å². The van der Waals surface area contributed by atoms with Crippen LogP contribution in [0.15, 0.2) is 0 Å². The zero-order chi connectivity index (χ0) is 18.1. The molecule has 4 N–H and O–H groups in total. The highest BCUT2D eigenvalue weighted by Crippen LogP contribution is 2.56. The molecule has 1 aliphatic rings. The topological polar surface area (TPSA) is 52.0 Å². The molecule has 0 amide bonds. The minimum absolute atomic E-state index is 0.0155. The molecule has 0 aliphatic heterocycles. The first-order chi connectivity index (χ1) is 11.5. The Morgan fingerprint density at radius 2 is 1.29 bits per heavy atom. The number of hydrogen-bond donors (Lipinski definition) is 2. The first-order valence-electron chi connectivity index (χ1n) is 11.1. The van der Waals surface area contributed by atoms with Crippen LogP contribution in [0.1, 0.15) is 118 Å². The Balaban J connectivity index is 3.21. The van der Waals surface area contributed by atoms with Crippen LogP contribution in [-0.4, -0.2) is 11.6 Å². The predicted molar refractivity (Wildman–Crippen MR) is 108 cm³/mol. The molecule has 1 rings (SSSR count). The number of hydrogen-bond acceptors (Lipinski definition) is 2. The molecule has 2 nitrogen and oxygen atoms in total. The molecule has 3 atom stereocenters. The molecule has 0 heterocycles. The lowest BCUT2D eigenvalue weighted by Crippen LogP contribution is -2.65. The van der Waals surface area contributed by atoms with Crippen molar-refractivity contribution in [2.24, 2.45) is 22.8 Å². The number of unbranched alkanes of at least 4 members (excludes halogenated alkanes) is 4. The largest absolute Gasteiger partial charge is 0.327 e. The molecule has 0 radical (unpaired) electrons. The molecule has 0 spiro atoms. The van der Waals surface area contributed by atoms with E-state index < -0.39 is 0 Å². The predicted octanol–water partition coefficient (Wildman–Crippen LogP) is 6.17. The van der Waals surface area contributed by atoms with E-state index in [2.05, 4.69) is 27.7 Å². The average Bonchev–Trinajstić information content (AvgIpc) is 2.59. The van der Waals surface area contributed by atoms with Crippen LogP contribution in [0.2, 0.25) is 0 Å². The molecule has 24 heavy (non-hydrogen) atoms. The summed E-state index contributed by atoms with van der Waals surface area (Å²) < 4.78 is 0. The molecule has 0 saturated heterocycles. The van der Waals surface area contributed by atoms with Crippen molar-refractivity contribution in [2.45, 2.75) is 129 Å². The molecule has 0 bridgehead atoms. The number of rotatable bonds is 12. The van der Waals surface area contributed by atoms with Crippen molar-refractivity contribution >= 4 is 0 Å². The molecule has 3 unspecified atom stereocenters. The van der Waals surface area contributed by atoms with Gasteiger partial charge in [-0.15, -0.1) is 0 Å². The summed E-state index contributed by atoms with van der Waals surface area (Å²) in [5, 5.41) is 0. The third-order valence-electron chi connectivity index (χ3n) is 6.94. The van der Waals surface area contributed by atoms with Gasteiger partial charge in [0.2, 0.25) is 0 Å². The van der Waals surface area contributed by atoms with Crippen molar-refractivity contribution in [3.8, 4) is 0 Å². The van der Waals surface area contributed by atoms with E-state index in [4.69, 9.17) is 11.5 Å². The van der Waals surface area contributed by atoms with Crippen molar-refractivity contribution in [3.05, 3.63) is 0 Å². The number of nitrogens with two attached hydrogens (primary N) is 2. The zero-order valence-corrected chi connectivity index (χ0v) is 17.2. The third-order valence-corrected chi connectivity index (χ3v) is 6.94. The molecule has 144 valence electrons. The molecular weight excluding hydrogens is 292 g/mol. The fraction of sp³-hybridized carbons (Fsp3) is 1.00. The van der Waals surface area contributed by atoms with Crippen LogP contribution in [0.5, 0.6) is 0 Å². The minimum atomic E-state index is 0.0155. The Morgan fingerprint density at radius 1 is 0.792 bits per heavy atom. The molecule has 1 fully saturated rings. The van der Waals surface area contributed by atoms with E-state index >= 15 is 0 Å². The second kappa shape index (κ2) is 10.8. The Bertz CT molecular complexity index is 316. The first kappa shape index (κ1) is 22.0. The summed E-state index contributed by atoms with van der Waals surface area (Å²) in [4.78, 5) is 0. The van der Waals surface area contributed by atoms with Gasteiger partial charge in [-0.05, 0) is 49.9 Å². The van der Waals surface area contributed by atoms with Gasteiger partial charge in [-0.1, -0.05) is 79.1 Å². The fourth-order valence-electron chi connectivity index (χ4n) is 5.41. The smallest absolute Gasteiger partial charge is 0.0215 e. The molecule has 1 aliphatic carbocycles. The summed E-state index contributed by atoms with van der Waals surface area (Å²) in [5.41, 5.74) is 14.3. The second-order valence-electron chi connectivity index (χ2n) is 8.57. The molecular formula is C22H46N2. The highest BCUT2D eigenvalue weighted by atomic mass is 14.9. The van der Waals surface area contributed by atoms with E-state index in [0.29, 0.717) is 12.0 Å². The molecule has 0 aromatic heterocycles. The Kier molecular flexibility index (Phi) is 9.89. The molecule has 0 aromatic rings. The minimum Gasteiger partial charge on any atom is -0.327 e. The maximum Gasteiger partial charge on any atom is 0.0215 e. The van der Waals surface area contributed by atoms with Gasteiger partial charge in [0.25, 0.3) is 0 Å². The summed E-state index contributed by atoms with van der Waals surface area (Å²) in [7, 11) is 0. The quantitative estimate of drug-likeness (QED) is 0.447. The van der Waals surface area contributed by atoms with Gasteiger partial charge < -0.3 is 11.5 Å². The van der Waals surface area contributed by atoms with Crippen molar-refractivity contribution in [3.63, 3.8) is 0 Å².